The van der Waals surface area contributed by atoms with Gasteiger partial charge in [0.1, 0.15) is 6.29 Å². The molecule has 0 saturated carbocycles. The summed E-state index contributed by atoms with van der Waals surface area (Å²) in [6.07, 6.45) is 0.805. The number of halogens is 1. The number of rotatable bonds is 2. The molecule has 1 heterocycles. The van der Waals surface area contributed by atoms with Crippen molar-refractivity contribution in [2.75, 3.05) is 0 Å². The van der Waals surface area contributed by atoms with Crippen LogP contribution < -0.4 is 0 Å². The Bertz CT molecular complexity index is 490. The normalized spacial score (nSPS) is 10.7. The van der Waals surface area contributed by atoms with Gasteiger partial charge in [0.2, 0.25) is 0 Å². The van der Waals surface area contributed by atoms with Crippen molar-refractivity contribution >= 4 is 28.8 Å². The van der Waals surface area contributed by atoms with Gasteiger partial charge >= 0.3 is 0 Å². The van der Waals surface area contributed by atoms with Crippen molar-refractivity contribution in [3.63, 3.8) is 0 Å². The predicted octanol–water partition coefficient (Wildman–Crippen LogP) is 2.52. The molecule has 1 aromatic heterocycles. The molecule has 0 fully saturated rings. The van der Waals surface area contributed by atoms with Gasteiger partial charge < -0.3 is 0 Å². The first-order valence-electron chi connectivity index (χ1n) is 4.37. The highest BCUT2D eigenvalue weighted by molar-refractivity contribution is 6.34. The number of aromatic nitrogens is 2. The van der Waals surface area contributed by atoms with Gasteiger partial charge in [-0.2, -0.15) is 5.10 Å². The van der Waals surface area contributed by atoms with E-state index in [1.165, 1.54) is 0 Å². The standard InChI is InChI=1S/C10H9ClN2O/c1-2-13-9-4-3-7(6-14)5-8(9)10(11)12-13/h3-6H,2H2,1H3. The third kappa shape index (κ3) is 1.30. The second-order valence-electron chi connectivity index (χ2n) is 3.00. The Morgan fingerprint density at radius 3 is 3.00 bits per heavy atom. The summed E-state index contributed by atoms with van der Waals surface area (Å²) in [4.78, 5) is 10.6. The Hall–Kier alpha value is -1.35. The average Bonchev–Trinajstić information content (AvgIpc) is 2.55. The van der Waals surface area contributed by atoms with Crippen LogP contribution in [-0.2, 0) is 6.54 Å². The maximum Gasteiger partial charge on any atom is 0.158 e. The van der Waals surface area contributed by atoms with Crippen LogP contribution in [0.25, 0.3) is 10.9 Å². The van der Waals surface area contributed by atoms with Crippen LogP contribution in [-0.4, -0.2) is 16.1 Å². The molecule has 0 aliphatic rings. The number of carbonyl (C=O) groups excluding carboxylic acids is 1. The maximum atomic E-state index is 10.6. The summed E-state index contributed by atoms with van der Waals surface area (Å²) in [5, 5.41) is 5.43. The predicted molar refractivity (Wildman–Crippen MR) is 55.8 cm³/mol. The van der Waals surface area contributed by atoms with E-state index in [0.29, 0.717) is 10.7 Å². The number of carbonyl (C=O) groups is 1. The number of benzene rings is 1. The van der Waals surface area contributed by atoms with Crippen molar-refractivity contribution in [2.45, 2.75) is 13.5 Å². The van der Waals surface area contributed by atoms with Gasteiger partial charge in [0, 0.05) is 17.5 Å². The second kappa shape index (κ2) is 3.42. The molecular weight excluding hydrogens is 200 g/mol. The number of aryl methyl sites for hydroxylation is 1. The average molecular weight is 209 g/mol. The lowest BCUT2D eigenvalue weighted by Crippen LogP contribution is -1.95. The number of nitrogens with zero attached hydrogens (tertiary/aromatic N) is 2. The first-order valence-corrected chi connectivity index (χ1v) is 4.75. The Kier molecular flexibility index (Phi) is 2.25. The van der Waals surface area contributed by atoms with Crippen LogP contribution >= 0.6 is 11.6 Å². The fourth-order valence-electron chi connectivity index (χ4n) is 1.47. The monoisotopic (exact) mass is 208 g/mol. The fraction of sp³-hybridized carbons (Fsp3) is 0.200. The summed E-state index contributed by atoms with van der Waals surface area (Å²) in [5.74, 6) is 0. The highest BCUT2D eigenvalue weighted by atomic mass is 35.5. The van der Waals surface area contributed by atoms with E-state index in [9.17, 15) is 4.79 Å². The van der Waals surface area contributed by atoms with Gasteiger partial charge in [-0.05, 0) is 25.1 Å². The largest absolute Gasteiger partial charge is 0.298 e. The summed E-state index contributed by atoms with van der Waals surface area (Å²) in [6.45, 7) is 2.76. The van der Waals surface area contributed by atoms with E-state index in [1.54, 1.807) is 12.1 Å². The van der Waals surface area contributed by atoms with E-state index in [-0.39, 0.29) is 0 Å². The first kappa shape index (κ1) is 9.21. The molecule has 0 radical (unpaired) electrons. The third-order valence-electron chi connectivity index (χ3n) is 2.17. The Morgan fingerprint density at radius 1 is 1.57 bits per heavy atom. The van der Waals surface area contributed by atoms with Crippen LogP contribution in [0.1, 0.15) is 17.3 Å². The molecule has 3 nitrogen and oxygen atoms in total. The fourth-order valence-corrected chi connectivity index (χ4v) is 1.71. The molecule has 72 valence electrons. The summed E-state index contributed by atoms with van der Waals surface area (Å²) in [5.41, 5.74) is 1.58. The lowest BCUT2D eigenvalue weighted by Gasteiger charge is -1.97. The molecule has 1 aromatic carbocycles. The molecule has 2 aromatic rings. The molecule has 0 saturated heterocycles. The number of hydrogen-bond donors (Lipinski definition) is 0. The third-order valence-corrected chi connectivity index (χ3v) is 2.44. The summed E-state index contributed by atoms with van der Waals surface area (Å²) >= 11 is 5.94. The van der Waals surface area contributed by atoms with Crippen LogP contribution in [0.15, 0.2) is 18.2 Å². The van der Waals surface area contributed by atoms with Crippen molar-refractivity contribution < 1.29 is 4.79 Å². The van der Waals surface area contributed by atoms with Gasteiger partial charge in [-0.3, -0.25) is 9.48 Å². The van der Waals surface area contributed by atoms with E-state index in [0.717, 1.165) is 23.7 Å². The molecule has 0 N–H and O–H groups in total. The van der Waals surface area contributed by atoms with Crippen molar-refractivity contribution in [1.29, 1.82) is 0 Å². The van der Waals surface area contributed by atoms with E-state index in [2.05, 4.69) is 5.10 Å². The quantitative estimate of drug-likeness (QED) is 0.711. The van der Waals surface area contributed by atoms with Crippen LogP contribution in [0.5, 0.6) is 0 Å². The number of hydrogen-bond acceptors (Lipinski definition) is 2. The highest BCUT2D eigenvalue weighted by Gasteiger charge is 2.07. The lowest BCUT2D eigenvalue weighted by molar-refractivity contribution is 0.112. The van der Waals surface area contributed by atoms with Gasteiger partial charge in [0.05, 0.1) is 5.52 Å². The Morgan fingerprint density at radius 2 is 2.36 bits per heavy atom. The molecule has 0 aliphatic carbocycles. The molecule has 0 atom stereocenters. The molecule has 2 rings (SSSR count). The Labute approximate surface area is 86.3 Å². The van der Waals surface area contributed by atoms with Crippen LogP contribution in [0.4, 0.5) is 0 Å². The maximum absolute atomic E-state index is 10.6. The minimum absolute atomic E-state index is 0.450. The molecule has 0 spiro atoms. The van der Waals surface area contributed by atoms with Crippen molar-refractivity contribution in [1.82, 2.24) is 9.78 Å². The van der Waals surface area contributed by atoms with Crippen molar-refractivity contribution in [3.05, 3.63) is 28.9 Å². The van der Waals surface area contributed by atoms with Crippen LogP contribution in [0, 0.1) is 0 Å². The summed E-state index contributed by atoms with van der Waals surface area (Å²) in [7, 11) is 0. The van der Waals surface area contributed by atoms with E-state index >= 15 is 0 Å². The van der Waals surface area contributed by atoms with Crippen LogP contribution in [0.2, 0.25) is 5.15 Å². The van der Waals surface area contributed by atoms with Crippen molar-refractivity contribution in [2.24, 2.45) is 0 Å². The molecule has 0 amide bonds. The molecular formula is C10H9ClN2O. The molecule has 14 heavy (non-hydrogen) atoms. The SMILES string of the molecule is CCn1nc(Cl)c2cc(C=O)ccc21. The second-order valence-corrected chi connectivity index (χ2v) is 3.36. The Balaban J connectivity index is 2.76. The van der Waals surface area contributed by atoms with Crippen LogP contribution in [0.3, 0.4) is 0 Å². The number of fused-ring (bicyclic) bond motifs is 1. The first-order chi connectivity index (χ1) is 6.76. The summed E-state index contributed by atoms with van der Waals surface area (Å²) < 4.78 is 1.81. The van der Waals surface area contributed by atoms with Gasteiger partial charge in [-0.1, -0.05) is 11.6 Å². The van der Waals surface area contributed by atoms with Gasteiger partial charge in [0.15, 0.2) is 5.15 Å². The zero-order valence-corrected chi connectivity index (χ0v) is 8.45. The number of aldehydes is 1. The molecule has 0 unspecified atom stereocenters. The van der Waals surface area contributed by atoms with Gasteiger partial charge in [0.25, 0.3) is 0 Å². The lowest BCUT2D eigenvalue weighted by atomic mass is 10.2. The molecule has 0 bridgehead atoms. The highest BCUT2D eigenvalue weighted by Crippen LogP contribution is 2.23. The van der Waals surface area contributed by atoms with E-state index in [1.807, 2.05) is 17.7 Å². The van der Waals surface area contributed by atoms with Crippen molar-refractivity contribution in [3.8, 4) is 0 Å². The van der Waals surface area contributed by atoms with Gasteiger partial charge in [-0.25, -0.2) is 0 Å². The van der Waals surface area contributed by atoms with Gasteiger partial charge in [-0.15, -0.1) is 0 Å². The minimum Gasteiger partial charge on any atom is -0.298 e. The smallest absolute Gasteiger partial charge is 0.158 e. The molecule has 4 heteroatoms. The zero-order valence-electron chi connectivity index (χ0n) is 7.70. The van der Waals surface area contributed by atoms with E-state index < -0.39 is 0 Å². The summed E-state index contributed by atoms with van der Waals surface area (Å²) in [6, 6.07) is 5.38. The topological polar surface area (TPSA) is 34.9 Å². The van der Waals surface area contributed by atoms with E-state index in [4.69, 9.17) is 11.6 Å². The minimum atomic E-state index is 0.450. The zero-order chi connectivity index (χ0) is 10.1. The molecule has 0 aliphatic heterocycles.